The second kappa shape index (κ2) is 11.6. The number of nitrogens with one attached hydrogen (secondary N) is 3. The van der Waals surface area contributed by atoms with Crippen LogP contribution in [0.3, 0.4) is 0 Å². The minimum absolute atomic E-state index is 0.0316. The summed E-state index contributed by atoms with van der Waals surface area (Å²) in [4.78, 5) is 39.4. The van der Waals surface area contributed by atoms with Crippen molar-refractivity contribution >= 4 is 17.7 Å². The van der Waals surface area contributed by atoms with E-state index < -0.39 is 48.2 Å². The SMILES string of the molecule is C#CC[C@H]1NC(=O)CN(CCNC2CCOCC2)C(=O)C[C@@H]2O[C@H](CNC1=O)C(O)C2O. The molecule has 3 amide bonds. The lowest BCUT2D eigenvalue weighted by atomic mass is 10.0. The van der Waals surface area contributed by atoms with Gasteiger partial charge in [0.05, 0.1) is 19.1 Å². The highest BCUT2D eigenvalue weighted by molar-refractivity contribution is 5.90. The third kappa shape index (κ3) is 6.40. The van der Waals surface area contributed by atoms with Crippen molar-refractivity contribution in [3.05, 3.63) is 0 Å². The van der Waals surface area contributed by atoms with Crippen LogP contribution in [0.1, 0.15) is 25.7 Å². The molecule has 3 heterocycles. The molecule has 5 N–H and O–H groups in total. The molecule has 0 aliphatic carbocycles. The number of carbonyl (C=O) groups excluding carboxylic acids is 3. The van der Waals surface area contributed by atoms with Gasteiger partial charge in [0.1, 0.15) is 24.4 Å². The lowest BCUT2D eigenvalue weighted by molar-refractivity contribution is -0.139. The highest BCUT2D eigenvalue weighted by atomic mass is 16.5. The lowest BCUT2D eigenvalue weighted by Gasteiger charge is -2.28. The number of terminal acetylenes is 1. The number of ether oxygens (including phenoxy) is 2. The van der Waals surface area contributed by atoms with Crippen LogP contribution in [0, 0.1) is 12.3 Å². The largest absolute Gasteiger partial charge is 0.388 e. The van der Waals surface area contributed by atoms with E-state index in [1.54, 1.807) is 0 Å². The molecule has 3 aliphatic heterocycles. The molecule has 32 heavy (non-hydrogen) atoms. The molecule has 0 spiro atoms. The number of hydrogen-bond acceptors (Lipinski definition) is 8. The minimum Gasteiger partial charge on any atom is -0.388 e. The van der Waals surface area contributed by atoms with E-state index in [2.05, 4.69) is 21.9 Å². The first-order valence-corrected chi connectivity index (χ1v) is 11.0. The average molecular weight is 453 g/mol. The van der Waals surface area contributed by atoms with Crippen molar-refractivity contribution in [1.82, 2.24) is 20.9 Å². The van der Waals surface area contributed by atoms with E-state index in [1.807, 2.05) is 0 Å². The summed E-state index contributed by atoms with van der Waals surface area (Å²) in [5.74, 6) is 0.932. The second-order valence-corrected chi connectivity index (χ2v) is 8.33. The van der Waals surface area contributed by atoms with E-state index in [0.717, 1.165) is 12.8 Å². The Morgan fingerprint density at radius 2 is 1.88 bits per heavy atom. The van der Waals surface area contributed by atoms with Crippen molar-refractivity contribution in [3.63, 3.8) is 0 Å². The molecule has 0 radical (unpaired) electrons. The van der Waals surface area contributed by atoms with Crippen molar-refractivity contribution in [3.8, 4) is 12.3 Å². The Morgan fingerprint density at radius 3 is 2.59 bits per heavy atom. The number of aliphatic hydroxyl groups is 2. The monoisotopic (exact) mass is 452 g/mol. The predicted octanol–water partition coefficient (Wildman–Crippen LogP) is -2.90. The van der Waals surface area contributed by atoms with Crippen LogP contribution in [0.5, 0.6) is 0 Å². The van der Waals surface area contributed by atoms with Crippen LogP contribution in [0.25, 0.3) is 0 Å². The highest BCUT2D eigenvalue weighted by Crippen LogP contribution is 2.24. The maximum atomic E-state index is 13.0. The van der Waals surface area contributed by atoms with E-state index in [0.29, 0.717) is 19.8 Å². The van der Waals surface area contributed by atoms with Gasteiger partial charge in [-0.15, -0.1) is 12.3 Å². The van der Waals surface area contributed by atoms with Gasteiger partial charge in [0.2, 0.25) is 17.7 Å². The topological polar surface area (TPSA) is 149 Å². The van der Waals surface area contributed by atoms with Gasteiger partial charge in [-0.2, -0.15) is 0 Å². The molecular weight excluding hydrogens is 420 g/mol. The van der Waals surface area contributed by atoms with Crippen LogP contribution in [-0.2, 0) is 23.9 Å². The molecule has 11 heteroatoms. The van der Waals surface area contributed by atoms with Crippen LogP contribution in [-0.4, -0.2) is 109 Å². The Kier molecular flexibility index (Phi) is 8.84. The van der Waals surface area contributed by atoms with E-state index in [-0.39, 0.29) is 38.5 Å². The number of amides is 3. The Labute approximate surface area is 187 Å². The third-order valence-electron chi connectivity index (χ3n) is 6.01. The minimum atomic E-state index is -1.28. The molecule has 0 aromatic heterocycles. The second-order valence-electron chi connectivity index (χ2n) is 8.33. The molecule has 0 aromatic carbocycles. The maximum absolute atomic E-state index is 13.0. The van der Waals surface area contributed by atoms with Crippen molar-refractivity contribution < 1.29 is 34.1 Å². The van der Waals surface area contributed by atoms with Crippen molar-refractivity contribution in [1.29, 1.82) is 0 Å². The first-order chi connectivity index (χ1) is 15.4. The van der Waals surface area contributed by atoms with Gasteiger partial charge >= 0.3 is 0 Å². The van der Waals surface area contributed by atoms with Gasteiger partial charge in [-0.05, 0) is 12.8 Å². The van der Waals surface area contributed by atoms with Crippen LogP contribution in [0.2, 0.25) is 0 Å². The Hall–Kier alpha value is -2.23. The molecule has 3 saturated heterocycles. The van der Waals surface area contributed by atoms with Gasteiger partial charge in [0, 0.05) is 45.3 Å². The summed E-state index contributed by atoms with van der Waals surface area (Å²) in [6, 6.07) is -0.701. The smallest absolute Gasteiger partial charge is 0.243 e. The van der Waals surface area contributed by atoms with Crippen molar-refractivity contribution in [2.75, 3.05) is 39.4 Å². The Morgan fingerprint density at radius 1 is 1.16 bits per heavy atom. The van der Waals surface area contributed by atoms with Gasteiger partial charge in [-0.25, -0.2) is 0 Å². The fourth-order valence-electron chi connectivity index (χ4n) is 4.13. The van der Waals surface area contributed by atoms with Gasteiger partial charge in [-0.1, -0.05) is 0 Å². The van der Waals surface area contributed by atoms with Crippen LogP contribution < -0.4 is 16.0 Å². The maximum Gasteiger partial charge on any atom is 0.243 e. The molecule has 0 saturated carbocycles. The first-order valence-electron chi connectivity index (χ1n) is 11.0. The van der Waals surface area contributed by atoms with Gasteiger partial charge in [0.15, 0.2) is 0 Å². The molecule has 2 bridgehead atoms. The highest BCUT2D eigenvalue weighted by Gasteiger charge is 2.44. The number of hydrogen-bond donors (Lipinski definition) is 5. The lowest BCUT2D eigenvalue weighted by Crippen LogP contribution is -2.52. The molecule has 0 aromatic rings. The van der Waals surface area contributed by atoms with Crippen LogP contribution in [0.4, 0.5) is 0 Å². The van der Waals surface area contributed by atoms with E-state index in [1.165, 1.54) is 4.90 Å². The first kappa shape index (κ1) is 24.4. The quantitative estimate of drug-likeness (QED) is 0.279. The molecule has 11 nitrogen and oxygen atoms in total. The average Bonchev–Trinajstić information content (AvgIpc) is 3.04. The predicted molar refractivity (Wildman–Crippen MR) is 112 cm³/mol. The molecular formula is C21H32N4O7. The number of fused-ring (bicyclic) bond motifs is 2. The molecule has 5 atom stereocenters. The Bertz CT molecular complexity index is 721. The molecule has 178 valence electrons. The van der Waals surface area contributed by atoms with Gasteiger partial charge < -0.3 is 40.5 Å². The standard InChI is InChI=1S/C21H32N4O7/c1-2-3-14-21(30)23-11-16-20(29)19(28)15(32-16)10-18(27)25(12-17(26)24-14)7-6-22-13-4-8-31-9-5-13/h1,13-16,19-20,22,28-29H,3-12H2,(H,23,30)(H,24,26)/t14-,15+,16-,19?,20?/m1/s1. The summed E-state index contributed by atoms with van der Waals surface area (Å²) in [5.41, 5.74) is 0. The Balaban J connectivity index is 1.70. The number of rotatable bonds is 5. The molecule has 3 aliphatic rings. The number of carbonyl (C=O) groups is 3. The van der Waals surface area contributed by atoms with Gasteiger partial charge in [0.25, 0.3) is 0 Å². The van der Waals surface area contributed by atoms with Crippen molar-refractivity contribution in [2.45, 2.75) is 62.2 Å². The fourth-order valence-corrected chi connectivity index (χ4v) is 4.13. The summed E-state index contributed by atoms with van der Waals surface area (Å²) in [6.45, 7) is 1.74. The summed E-state index contributed by atoms with van der Waals surface area (Å²) >= 11 is 0. The summed E-state index contributed by atoms with van der Waals surface area (Å²) in [6.07, 6.45) is 2.52. The normalized spacial score (nSPS) is 32.8. The van der Waals surface area contributed by atoms with E-state index in [9.17, 15) is 24.6 Å². The van der Waals surface area contributed by atoms with E-state index >= 15 is 0 Å². The number of nitrogens with zero attached hydrogens (tertiary/aromatic N) is 1. The zero-order valence-corrected chi connectivity index (χ0v) is 18.0. The third-order valence-corrected chi connectivity index (χ3v) is 6.01. The summed E-state index contributed by atoms with van der Waals surface area (Å²) in [7, 11) is 0. The number of aliphatic hydroxyl groups excluding tert-OH is 2. The molecule has 3 rings (SSSR count). The van der Waals surface area contributed by atoms with Crippen LogP contribution >= 0.6 is 0 Å². The van der Waals surface area contributed by atoms with Crippen LogP contribution in [0.15, 0.2) is 0 Å². The molecule has 2 unspecified atom stereocenters. The zero-order chi connectivity index (χ0) is 23.1. The fraction of sp³-hybridized carbons (Fsp3) is 0.762. The zero-order valence-electron chi connectivity index (χ0n) is 18.0. The van der Waals surface area contributed by atoms with E-state index in [4.69, 9.17) is 15.9 Å². The van der Waals surface area contributed by atoms with Crippen molar-refractivity contribution in [2.24, 2.45) is 0 Å². The summed E-state index contributed by atoms with van der Waals surface area (Å²) < 4.78 is 11.0. The summed E-state index contributed by atoms with van der Waals surface area (Å²) in [5, 5.41) is 29.1. The molecule has 3 fully saturated rings. The van der Waals surface area contributed by atoms with Gasteiger partial charge in [-0.3, -0.25) is 14.4 Å².